The zero-order valence-electron chi connectivity index (χ0n) is 16.1. The highest BCUT2D eigenvalue weighted by Crippen LogP contribution is 2.21. The standard InChI is InChI=1S/C19H28N4O2.HI/c1-6-20-18(23-13-19(3,4)24-5)22-12-17-21-11-16(25-17)15-9-7-14(2)8-10-15;/h7-11H,6,12-13H2,1-5H3,(H2,20,22,23);1H. The maximum absolute atomic E-state index is 5.81. The van der Waals surface area contributed by atoms with Gasteiger partial charge in [-0.15, -0.1) is 24.0 Å². The van der Waals surface area contributed by atoms with Gasteiger partial charge in [-0.1, -0.05) is 29.8 Å². The van der Waals surface area contributed by atoms with Crippen LogP contribution in [0.3, 0.4) is 0 Å². The predicted molar refractivity (Wildman–Crippen MR) is 116 cm³/mol. The molecule has 0 aliphatic carbocycles. The van der Waals surface area contributed by atoms with Gasteiger partial charge in [0.05, 0.1) is 11.8 Å². The first-order valence-electron chi connectivity index (χ1n) is 8.52. The minimum atomic E-state index is -0.266. The number of methoxy groups -OCH3 is 1. The monoisotopic (exact) mass is 472 g/mol. The van der Waals surface area contributed by atoms with Gasteiger partial charge < -0.3 is 19.8 Å². The minimum absolute atomic E-state index is 0. The summed E-state index contributed by atoms with van der Waals surface area (Å²) in [4.78, 5) is 8.84. The molecule has 0 saturated carbocycles. The van der Waals surface area contributed by atoms with Crippen LogP contribution in [-0.4, -0.2) is 36.7 Å². The largest absolute Gasteiger partial charge is 0.439 e. The van der Waals surface area contributed by atoms with Crippen molar-refractivity contribution in [1.29, 1.82) is 0 Å². The van der Waals surface area contributed by atoms with Gasteiger partial charge in [-0.2, -0.15) is 0 Å². The molecule has 0 aliphatic rings. The lowest BCUT2D eigenvalue weighted by atomic mass is 10.1. The van der Waals surface area contributed by atoms with Gasteiger partial charge in [-0.25, -0.2) is 9.98 Å². The Morgan fingerprint density at radius 3 is 2.54 bits per heavy atom. The van der Waals surface area contributed by atoms with Gasteiger partial charge in [0.25, 0.3) is 0 Å². The Morgan fingerprint density at radius 2 is 1.92 bits per heavy atom. The number of oxazole rings is 1. The second-order valence-electron chi connectivity index (χ2n) is 6.50. The van der Waals surface area contributed by atoms with E-state index in [0.717, 1.165) is 17.9 Å². The van der Waals surface area contributed by atoms with E-state index >= 15 is 0 Å². The van der Waals surface area contributed by atoms with Crippen molar-refractivity contribution < 1.29 is 9.15 Å². The molecule has 0 radical (unpaired) electrons. The van der Waals surface area contributed by atoms with E-state index < -0.39 is 0 Å². The first-order chi connectivity index (χ1) is 11.9. The summed E-state index contributed by atoms with van der Waals surface area (Å²) in [6, 6.07) is 8.17. The SMILES string of the molecule is CCNC(=NCc1ncc(-c2ccc(C)cc2)o1)NCC(C)(C)OC.I. The van der Waals surface area contributed by atoms with Crippen LogP contribution in [-0.2, 0) is 11.3 Å². The third-order valence-electron chi connectivity index (χ3n) is 3.84. The number of halogens is 1. The third kappa shape index (κ3) is 6.95. The van der Waals surface area contributed by atoms with Crippen molar-refractivity contribution in [3.63, 3.8) is 0 Å². The van der Waals surface area contributed by atoms with Crippen molar-refractivity contribution in [2.24, 2.45) is 4.99 Å². The molecule has 2 N–H and O–H groups in total. The molecule has 0 bridgehead atoms. The highest BCUT2D eigenvalue weighted by molar-refractivity contribution is 14.0. The van der Waals surface area contributed by atoms with Crippen LogP contribution in [0.5, 0.6) is 0 Å². The number of rotatable bonds is 7. The first kappa shape index (κ1) is 22.4. The zero-order valence-corrected chi connectivity index (χ0v) is 18.5. The van der Waals surface area contributed by atoms with Crippen molar-refractivity contribution >= 4 is 29.9 Å². The van der Waals surface area contributed by atoms with E-state index in [2.05, 4.69) is 39.7 Å². The van der Waals surface area contributed by atoms with Gasteiger partial charge in [0.2, 0.25) is 5.89 Å². The minimum Gasteiger partial charge on any atom is -0.439 e. The van der Waals surface area contributed by atoms with Crippen molar-refractivity contribution in [2.45, 2.75) is 39.8 Å². The van der Waals surface area contributed by atoms with E-state index in [-0.39, 0.29) is 29.6 Å². The molecule has 0 fully saturated rings. The molecule has 0 spiro atoms. The quantitative estimate of drug-likeness (QED) is 0.365. The van der Waals surface area contributed by atoms with Crippen molar-refractivity contribution in [3.8, 4) is 11.3 Å². The maximum atomic E-state index is 5.81. The van der Waals surface area contributed by atoms with Crippen LogP contribution >= 0.6 is 24.0 Å². The number of ether oxygens (including phenoxy) is 1. The fourth-order valence-electron chi connectivity index (χ4n) is 2.09. The Labute approximate surface area is 172 Å². The van der Waals surface area contributed by atoms with Crippen molar-refractivity contribution in [3.05, 3.63) is 41.9 Å². The Bertz CT molecular complexity index is 696. The molecule has 0 amide bonds. The lowest BCUT2D eigenvalue weighted by Gasteiger charge is -2.24. The van der Waals surface area contributed by atoms with Crippen LogP contribution in [0.2, 0.25) is 0 Å². The lowest BCUT2D eigenvalue weighted by molar-refractivity contribution is 0.0268. The Balaban J connectivity index is 0.00000338. The highest BCUT2D eigenvalue weighted by Gasteiger charge is 2.16. The molecule has 0 unspecified atom stereocenters. The summed E-state index contributed by atoms with van der Waals surface area (Å²) in [5, 5.41) is 6.48. The summed E-state index contributed by atoms with van der Waals surface area (Å²) in [5.41, 5.74) is 1.96. The van der Waals surface area contributed by atoms with Crippen LogP contribution in [0, 0.1) is 6.92 Å². The number of nitrogens with zero attached hydrogens (tertiary/aromatic N) is 2. The Hall–Kier alpha value is -1.61. The number of benzene rings is 1. The molecule has 1 heterocycles. The van der Waals surface area contributed by atoms with E-state index in [0.29, 0.717) is 24.9 Å². The van der Waals surface area contributed by atoms with Gasteiger partial charge in [0, 0.05) is 25.8 Å². The van der Waals surface area contributed by atoms with E-state index in [1.165, 1.54) is 5.56 Å². The van der Waals surface area contributed by atoms with Crippen LogP contribution in [0.15, 0.2) is 39.9 Å². The summed E-state index contributed by atoms with van der Waals surface area (Å²) in [6.45, 7) is 9.92. The summed E-state index contributed by atoms with van der Waals surface area (Å²) >= 11 is 0. The molecule has 7 heteroatoms. The van der Waals surface area contributed by atoms with Crippen LogP contribution in [0.25, 0.3) is 11.3 Å². The zero-order chi connectivity index (χ0) is 18.3. The van der Waals surface area contributed by atoms with Gasteiger partial charge in [-0.05, 0) is 27.7 Å². The molecule has 144 valence electrons. The van der Waals surface area contributed by atoms with Gasteiger partial charge in [-0.3, -0.25) is 0 Å². The van der Waals surface area contributed by atoms with Crippen LogP contribution in [0.1, 0.15) is 32.2 Å². The molecule has 0 atom stereocenters. The molecule has 0 saturated heterocycles. The average molecular weight is 472 g/mol. The Morgan fingerprint density at radius 1 is 1.23 bits per heavy atom. The molecule has 2 aromatic rings. The molecular weight excluding hydrogens is 443 g/mol. The number of aliphatic imine (C=N–C) groups is 1. The highest BCUT2D eigenvalue weighted by atomic mass is 127. The van der Waals surface area contributed by atoms with Crippen molar-refractivity contribution in [2.75, 3.05) is 20.2 Å². The molecule has 0 aliphatic heterocycles. The molecule has 6 nitrogen and oxygen atoms in total. The maximum Gasteiger partial charge on any atom is 0.216 e. The molecule has 26 heavy (non-hydrogen) atoms. The number of aromatic nitrogens is 1. The fourth-order valence-corrected chi connectivity index (χ4v) is 2.09. The first-order valence-corrected chi connectivity index (χ1v) is 8.52. The summed E-state index contributed by atoms with van der Waals surface area (Å²) in [6.07, 6.45) is 1.74. The van der Waals surface area contributed by atoms with Crippen LogP contribution in [0.4, 0.5) is 0 Å². The van der Waals surface area contributed by atoms with E-state index in [1.54, 1.807) is 13.3 Å². The van der Waals surface area contributed by atoms with E-state index in [9.17, 15) is 0 Å². The van der Waals surface area contributed by atoms with E-state index in [4.69, 9.17) is 9.15 Å². The predicted octanol–water partition coefficient (Wildman–Crippen LogP) is 3.75. The Kier molecular flexibility index (Phi) is 9.07. The number of aryl methyl sites for hydroxylation is 1. The molecule has 2 rings (SSSR count). The lowest BCUT2D eigenvalue weighted by Crippen LogP contribution is -2.45. The fraction of sp³-hybridized carbons (Fsp3) is 0.474. The summed E-state index contributed by atoms with van der Waals surface area (Å²) in [5.74, 6) is 2.05. The number of hydrogen-bond donors (Lipinski definition) is 2. The number of hydrogen-bond acceptors (Lipinski definition) is 4. The molecular formula is C19H29IN4O2. The number of guanidine groups is 1. The summed E-state index contributed by atoms with van der Waals surface area (Å²) in [7, 11) is 1.70. The normalized spacial score (nSPS) is 11.8. The van der Waals surface area contributed by atoms with Gasteiger partial charge in [0.1, 0.15) is 6.54 Å². The van der Waals surface area contributed by atoms with Gasteiger partial charge >= 0.3 is 0 Å². The third-order valence-corrected chi connectivity index (χ3v) is 3.84. The second kappa shape index (κ2) is 10.5. The van der Waals surface area contributed by atoms with E-state index in [1.807, 2.05) is 32.9 Å². The van der Waals surface area contributed by atoms with Crippen molar-refractivity contribution in [1.82, 2.24) is 15.6 Å². The molecule has 1 aromatic carbocycles. The van der Waals surface area contributed by atoms with Gasteiger partial charge in [0.15, 0.2) is 11.7 Å². The average Bonchev–Trinajstić information content (AvgIpc) is 3.07. The summed E-state index contributed by atoms with van der Waals surface area (Å²) < 4.78 is 11.2. The van der Waals surface area contributed by atoms with Crippen LogP contribution < -0.4 is 10.6 Å². The topological polar surface area (TPSA) is 71.7 Å². The second-order valence-corrected chi connectivity index (χ2v) is 6.50. The molecule has 1 aromatic heterocycles. The smallest absolute Gasteiger partial charge is 0.216 e. The number of nitrogens with one attached hydrogen (secondary N) is 2.